The van der Waals surface area contributed by atoms with E-state index < -0.39 is 0 Å². The van der Waals surface area contributed by atoms with Crippen LogP contribution in [-0.2, 0) is 0 Å². The Bertz CT molecular complexity index is 1060. The van der Waals surface area contributed by atoms with Gasteiger partial charge in [-0.3, -0.25) is 4.98 Å². The van der Waals surface area contributed by atoms with Gasteiger partial charge in [0.25, 0.3) is 0 Å². The molecule has 1 aliphatic rings. The molecule has 1 fully saturated rings. The highest BCUT2D eigenvalue weighted by atomic mass is 35.5. The molecule has 1 saturated heterocycles. The summed E-state index contributed by atoms with van der Waals surface area (Å²) >= 11 is 6.00. The normalized spacial score (nSPS) is 18.5. The number of hydrogen-bond donors (Lipinski definition) is 2. The van der Waals surface area contributed by atoms with Crippen molar-refractivity contribution in [2.45, 2.75) is 57.7 Å². The van der Waals surface area contributed by atoms with Crippen LogP contribution in [0.2, 0.25) is 5.02 Å². The minimum atomic E-state index is 0.0564. The number of rotatable bonds is 3. The standard InChI is InChI=1S/C23H28ClN5O/c1-22(2)11-16(12-23(3,4)28-22)29(5)21-7-6-18(26-27-21)17-10-19-14(9-20(17)30)8-15(24)13-25-19/h6-10,13,16,28,30H,11-12H2,1-5H3. The first-order chi connectivity index (χ1) is 14.0. The summed E-state index contributed by atoms with van der Waals surface area (Å²) in [5.74, 6) is 0.950. The zero-order valence-electron chi connectivity index (χ0n) is 18.1. The van der Waals surface area contributed by atoms with Crippen LogP contribution in [-0.4, -0.2) is 44.5 Å². The lowest BCUT2D eigenvalue weighted by Gasteiger charge is -2.49. The summed E-state index contributed by atoms with van der Waals surface area (Å²) in [6.45, 7) is 8.97. The first-order valence-corrected chi connectivity index (χ1v) is 10.6. The van der Waals surface area contributed by atoms with Crippen molar-refractivity contribution in [1.29, 1.82) is 0 Å². The smallest absolute Gasteiger partial charge is 0.151 e. The van der Waals surface area contributed by atoms with E-state index in [1.165, 1.54) is 0 Å². The molecule has 3 aromatic rings. The van der Waals surface area contributed by atoms with Crippen molar-refractivity contribution in [3.05, 3.63) is 41.6 Å². The summed E-state index contributed by atoms with van der Waals surface area (Å²) in [6.07, 6.45) is 3.64. The van der Waals surface area contributed by atoms with Crippen molar-refractivity contribution in [2.75, 3.05) is 11.9 Å². The third-order valence-electron chi connectivity index (χ3n) is 5.77. The Balaban J connectivity index is 1.61. The zero-order valence-corrected chi connectivity index (χ0v) is 18.8. The van der Waals surface area contributed by atoms with Gasteiger partial charge < -0.3 is 15.3 Å². The molecule has 0 atom stereocenters. The minimum Gasteiger partial charge on any atom is -0.507 e. The number of hydrogen-bond acceptors (Lipinski definition) is 6. The summed E-state index contributed by atoms with van der Waals surface area (Å²) < 4.78 is 0. The van der Waals surface area contributed by atoms with Gasteiger partial charge in [-0.2, -0.15) is 0 Å². The zero-order chi connectivity index (χ0) is 21.7. The van der Waals surface area contributed by atoms with E-state index in [2.05, 4.69) is 60.1 Å². The van der Waals surface area contributed by atoms with Crippen LogP contribution in [0.3, 0.4) is 0 Å². The van der Waals surface area contributed by atoms with Gasteiger partial charge in [-0.15, -0.1) is 10.2 Å². The number of anilines is 1. The third-order valence-corrected chi connectivity index (χ3v) is 5.98. The molecule has 2 aromatic heterocycles. The molecule has 2 N–H and O–H groups in total. The van der Waals surface area contributed by atoms with Crippen LogP contribution in [0.25, 0.3) is 22.2 Å². The summed E-state index contributed by atoms with van der Waals surface area (Å²) in [7, 11) is 2.08. The lowest BCUT2D eigenvalue weighted by molar-refractivity contribution is 0.160. The fourth-order valence-corrected chi connectivity index (χ4v) is 4.90. The Morgan fingerprint density at radius 3 is 2.40 bits per heavy atom. The topological polar surface area (TPSA) is 74.2 Å². The number of halogens is 1. The van der Waals surface area contributed by atoms with Gasteiger partial charge in [0.1, 0.15) is 5.75 Å². The first-order valence-electron chi connectivity index (χ1n) is 10.2. The molecular weight excluding hydrogens is 398 g/mol. The van der Waals surface area contributed by atoms with E-state index in [0.717, 1.165) is 29.6 Å². The van der Waals surface area contributed by atoms with E-state index in [4.69, 9.17) is 11.6 Å². The van der Waals surface area contributed by atoms with Crippen molar-refractivity contribution in [2.24, 2.45) is 0 Å². The largest absolute Gasteiger partial charge is 0.507 e. The van der Waals surface area contributed by atoms with Gasteiger partial charge in [0, 0.05) is 41.3 Å². The monoisotopic (exact) mass is 425 g/mol. The summed E-state index contributed by atoms with van der Waals surface area (Å²) in [5.41, 5.74) is 2.06. The summed E-state index contributed by atoms with van der Waals surface area (Å²) in [6, 6.07) is 9.46. The average molecular weight is 426 g/mol. The Morgan fingerprint density at radius 2 is 1.77 bits per heavy atom. The first kappa shape index (κ1) is 20.8. The molecule has 1 aromatic carbocycles. The van der Waals surface area contributed by atoms with Crippen LogP contribution in [0.4, 0.5) is 5.82 Å². The number of nitrogens with zero attached hydrogens (tertiary/aromatic N) is 4. The van der Waals surface area contributed by atoms with Gasteiger partial charge >= 0.3 is 0 Å². The third kappa shape index (κ3) is 4.20. The predicted octanol–water partition coefficient (Wildman–Crippen LogP) is 4.80. The van der Waals surface area contributed by atoms with Crippen molar-refractivity contribution < 1.29 is 5.11 Å². The molecule has 0 aliphatic carbocycles. The molecule has 158 valence electrons. The summed E-state index contributed by atoms with van der Waals surface area (Å²) in [5, 5.41) is 24.4. The van der Waals surface area contributed by atoms with E-state index >= 15 is 0 Å². The molecule has 7 heteroatoms. The average Bonchev–Trinajstić information content (AvgIpc) is 2.64. The van der Waals surface area contributed by atoms with Crippen LogP contribution in [0.1, 0.15) is 40.5 Å². The van der Waals surface area contributed by atoms with E-state index in [1.807, 2.05) is 18.2 Å². The van der Waals surface area contributed by atoms with Gasteiger partial charge in [-0.1, -0.05) is 11.6 Å². The number of pyridine rings is 1. The highest BCUT2D eigenvalue weighted by Gasteiger charge is 2.39. The molecule has 0 unspecified atom stereocenters. The van der Waals surface area contributed by atoms with E-state index in [0.29, 0.717) is 22.3 Å². The van der Waals surface area contributed by atoms with Crippen LogP contribution >= 0.6 is 11.6 Å². The van der Waals surface area contributed by atoms with Crippen LogP contribution in [0.15, 0.2) is 36.5 Å². The molecule has 0 bridgehead atoms. The van der Waals surface area contributed by atoms with Gasteiger partial charge in [-0.05, 0) is 70.9 Å². The fourth-order valence-electron chi connectivity index (χ4n) is 4.73. The number of phenolic OH excluding ortho intramolecular Hbond substituents is 1. The number of phenols is 1. The van der Waals surface area contributed by atoms with Crippen LogP contribution in [0.5, 0.6) is 5.75 Å². The SMILES string of the molecule is CN(c1ccc(-c2cc3ncc(Cl)cc3cc2O)nn1)C1CC(C)(C)NC(C)(C)C1. The van der Waals surface area contributed by atoms with E-state index in [1.54, 1.807) is 18.3 Å². The lowest BCUT2D eigenvalue weighted by Crippen LogP contribution is -2.62. The molecule has 0 spiro atoms. The maximum absolute atomic E-state index is 10.5. The maximum atomic E-state index is 10.5. The van der Waals surface area contributed by atoms with Gasteiger partial charge in [0.2, 0.25) is 0 Å². The molecule has 3 heterocycles. The number of benzene rings is 1. The molecule has 1 aliphatic heterocycles. The number of piperidine rings is 1. The Labute approximate surface area is 182 Å². The molecule has 0 radical (unpaired) electrons. The van der Waals surface area contributed by atoms with Crippen molar-refractivity contribution in [1.82, 2.24) is 20.5 Å². The highest BCUT2D eigenvalue weighted by Crippen LogP contribution is 2.34. The van der Waals surface area contributed by atoms with Gasteiger partial charge in [-0.25, -0.2) is 0 Å². The van der Waals surface area contributed by atoms with Gasteiger partial charge in [0.15, 0.2) is 5.82 Å². The van der Waals surface area contributed by atoms with Crippen molar-refractivity contribution in [3.63, 3.8) is 0 Å². The molecule has 30 heavy (non-hydrogen) atoms. The van der Waals surface area contributed by atoms with Crippen LogP contribution < -0.4 is 10.2 Å². The van der Waals surface area contributed by atoms with E-state index in [9.17, 15) is 5.11 Å². The Hall–Kier alpha value is -2.44. The lowest BCUT2D eigenvalue weighted by atomic mass is 9.79. The second-order valence-corrected chi connectivity index (χ2v) is 9.99. The highest BCUT2D eigenvalue weighted by molar-refractivity contribution is 6.31. The molecule has 0 amide bonds. The Morgan fingerprint density at radius 1 is 1.07 bits per heavy atom. The number of aromatic nitrogens is 3. The molecule has 6 nitrogen and oxygen atoms in total. The minimum absolute atomic E-state index is 0.0564. The summed E-state index contributed by atoms with van der Waals surface area (Å²) in [4.78, 5) is 6.55. The fraction of sp³-hybridized carbons (Fsp3) is 0.435. The number of nitrogens with one attached hydrogen (secondary N) is 1. The molecule has 4 rings (SSSR count). The number of aromatic hydroxyl groups is 1. The van der Waals surface area contributed by atoms with Gasteiger partial charge in [0.05, 0.1) is 16.2 Å². The number of fused-ring (bicyclic) bond motifs is 1. The quantitative estimate of drug-likeness (QED) is 0.628. The maximum Gasteiger partial charge on any atom is 0.151 e. The Kier molecular flexibility index (Phi) is 5.11. The molecular formula is C23H28ClN5O. The second kappa shape index (κ2) is 7.36. The van der Waals surface area contributed by atoms with Crippen LogP contribution in [0, 0.1) is 0 Å². The van der Waals surface area contributed by atoms with Crippen molar-refractivity contribution >= 4 is 28.3 Å². The molecule has 0 saturated carbocycles. The second-order valence-electron chi connectivity index (χ2n) is 9.56. The van der Waals surface area contributed by atoms with Crippen molar-refractivity contribution in [3.8, 4) is 17.0 Å². The predicted molar refractivity (Wildman–Crippen MR) is 122 cm³/mol. The van der Waals surface area contributed by atoms with E-state index in [-0.39, 0.29) is 16.8 Å².